The van der Waals surface area contributed by atoms with Gasteiger partial charge in [-0.2, -0.15) is 26.3 Å². The minimum atomic E-state index is -6.30. The largest absolute Gasteiger partial charge is 0.748 e. The molecule has 12 heteroatoms. The van der Waals surface area contributed by atoms with Gasteiger partial charge in [-0.25, -0.2) is 8.42 Å². The molecule has 0 heterocycles. The zero-order valence-corrected chi connectivity index (χ0v) is 23.5. The molecule has 0 aliphatic rings. The molecule has 0 bridgehead atoms. The first-order valence-electron chi connectivity index (χ1n) is 10.5. The second kappa shape index (κ2) is 11.2. The second-order valence-corrected chi connectivity index (χ2v) is 14.6. The van der Waals surface area contributed by atoms with Gasteiger partial charge in [0.15, 0.2) is 7.14 Å². The third kappa shape index (κ3) is 9.49. The van der Waals surface area contributed by atoms with Crippen molar-refractivity contribution in [3.8, 4) is 0 Å². The standard InChI is InChI=1S/C20H26I.C4H4F6O4S/c1-19(2,3)15-7-11-17(12-8-15)21-18-13-9-16(10-14-18)20(4,5)6;5-3(6,7)2(11,4(8,9)10)1-15(12,13)14/h7-14H,1-6H3;11H,1H2,(H,12,13,14)/q+1;/p-1. The van der Waals surface area contributed by atoms with E-state index in [9.17, 15) is 39.3 Å². The summed E-state index contributed by atoms with van der Waals surface area (Å²) in [4.78, 5) is 0. The fraction of sp³-hybridized carbons (Fsp3) is 0.500. The topological polar surface area (TPSA) is 77.4 Å². The zero-order chi connectivity index (χ0) is 28.4. The van der Waals surface area contributed by atoms with E-state index in [4.69, 9.17) is 5.11 Å². The van der Waals surface area contributed by atoms with E-state index in [1.807, 2.05) is 0 Å². The van der Waals surface area contributed by atoms with Crippen molar-refractivity contribution in [2.45, 2.75) is 70.3 Å². The van der Waals surface area contributed by atoms with Gasteiger partial charge in [-0.15, -0.1) is 0 Å². The van der Waals surface area contributed by atoms with E-state index in [1.165, 1.54) is 18.3 Å². The molecule has 0 saturated carbocycles. The van der Waals surface area contributed by atoms with E-state index in [2.05, 4.69) is 90.1 Å². The van der Waals surface area contributed by atoms with Crippen LogP contribution in [0.3, 0.4) is 0 Å². The summed E-state index contributed by atoms with van der Waals surface area (Å²) in [6, 6.07) is 18.4. The lowest BCUT2D eigenvalue weighted by Gasteiger charge is -2.32. The van der Waals surface area contributed by atoms with Gasteiger partial charge in [-0.3, -0.25) is 0 Å². The average molecular weight is 654 g/mol. The molecule has 0 aromatic heterocycles. The Hall–Kier alpha value is -1.38. The number of hydrogen-bond acceptors (Lipinski definition) is 4. The monoisotopic (exact) mass is 654 g/mol. The molecule has 2 rings (SSSR count). The molecule has 36 heavy (non-hydrogen) atoms. The van der Waals surface area contributed by atoms with E-state index in [0.29, 0.717) is 0 Å². The maximum atomic E-state index is 11.8. The molecule has 0 spiro atoms. The molecule has 0 fully saturated rings. The second-order valence-electron chi connectivity index (χ2n) is 10.2. The Balaban J connectivity index is 0.000000384. The summed E-state index contributed by atoms with van der Waals surface area (Å²) >= 11 is -0.0703. The van der Waals surface area contributed by atoms with Crippen LogP contribution in [0.5, 0.6) is 0 Å². The number of halogens is 7. The predicted octanol–water partition coefficient (Wildman–Crippen LogP) is 2.80. The summed E-state index contributed by atoms with van der Waals surface area (Å²) in [7, 11) is -5.89. The molecule has 0 aliphatic heterocycles. The van der Waals surface area contributed by atoms with Crippen LogP contribution in [0.25, 0.3) is 0 Å². The highest BCUT2D eigenvalue weighted by molar-refractivity contribution is 7.85. The van der Waals surface area contributed by atoms with Crippen LogP contribution < -0.4 is 21.2 Å². The molecule has 0 atom stereocenters. The van der Waals surface area contributed by atoms with E-state index in [0.717, 1.165) is 0 Å². The Kier molecular flexibility index (Phi) is 10.1. The molecule has 4 nitrogen and oxygen atoms in total. The number of benzene rings is 2. The van der Waals surface area contributed by atoms with Gasteiger partial charge in [0.25, 0.3) is 5.60 Å². The Bertz CT molecular complexity index is 1030. The van der Waals surface area contributed by atoms with Crippen LogP contribution in [0, 0.1) is 7.14 Å². The molecular weight excluding hydrogens is 625 g/mol. The van der Waals surface area contributed by atoms with E-state index >= 15 is 0 Å². The van der Waals surface area contributed by atoms with Crippen LogP contribution in [0.15, 0.2) is 48.5 Å². The van der Waals surface area contributed by atoms with E-state index in [1.54, 1.807) is 0 Å². The minimum absolute atomic E-state index is 0.0703. The first-order valence-corrected chi connectivity index (χ1v) is 14.3. The zero-order valence-electron chi connectivity index (χ0n) is 20.6. The molecule has 0 amide bonds. The van der Waals surface area contributed by atoms with Crippen molar-refractivity contribution in [1.29, 1.82) is 0 Å². The average Bonchev–Trinajstić information content (AvgIpc) is 2.65. The highest BCUT2D eigenvalue weighted by Gasteiger charge is 2.71. The predicted molar refractivity (Wildman–Crippen MR) is 119 cm³/mol. The summed E-state index contributed by atoms with van der Waals surface area (Å²) in [6.07, 6.45) is -12.6. The molecule has 0 saturated heterocycles. The molecule has 0 radical (unpaired) electrons. The van der Waals surface area contributed by atoms with Crippen LogP contribution in [0.4, 0.5) is 26.3 Å². The van der Waals surface area contributed by atoms with Crippen LogP contribution in [0.1, 0.15) is 52.7 Å². The van der Waals surface area contributed by atoms with Gasteiger partial charge < -0.3 is 9.66 Å². The molecule has 0 unspecified atom stereocenters. The summed E-state index contributed by atoms with van der Waals surface area (Å²) in [6.45, 7) is 13.6. The van der Waals surface area contributed by atoms with Gasteiger partial charge in [0, 0.05) is 0 Å². The molecule has 2 aromatic carbocycles. The lowest BCUT2D eigenvalue weighted by molar-refractivity contribution is -0.597. The molecule has 204 valence electrons. The first-order chi connectivity index (χ1) is 15.9. The quantitative estimate of drug-likeness (QED) is 0.313. The van der Waals surface area contributed by atoms with Crippen molar-refractivity contribution in [2.75, 3.05) is 5.75 Å². The van der Waals surface area contributed by atoms with Crippen molar-refractivity contribution in [1.82, 2.24) is 0 Å². The van der Waals surface area contributed by atoms with Crippen molar-refractivity contribution in [3.05, 3.63) is 66.8 Å². The molecular formula is C24H29F6IO4S. The lowest BCUT2D eigenvalue weighted by Crippen LogP contribution is -3.61. The number of hydrogen-bond donors (Lipinski definition) is 1. The van der Waals surface area contributed by atoms with E-state index < -0.39 is 33.8 Å². The van der Waals surface area contributed by atoms with Gasteiger partial charge in [-0.05, 0) is 46.2 Å². The smallest absolute Gasteiger partial charge is 0.427 e. The summed E-state index contributed by atoms with van der Waals surface area (Å²) in [5, 5.41) is 8.19. The van der Waals surface area contributed by atoms with Gasteiger partial charge in [-0.1, -0.05) is 65.8 Å². The summed E-state index contributed by atoms with van der Waals surface area (Å²) in [5.41, 5.74) is -2.23. The Morgan fingerprint density at radius 2 is 0.972 bits per heavy atom. The first kappa shape index (κ1) is 32.6. The van der Waals surface area contributed by atoms with Gasteiger partial charge in [0.1, 0.15) is 0 Å². The number of aliphatic hydroxyl groups is 1. The summed E-state index contributed by atoms with van der Waals surface area (Å²) in [5.74, 6) is -3.01. The van der Waals surface area contributed by atoms with Crippen LogP contribution in [0.2, 0.25) is 0 Å². The van der Waals surface area contributed by atoms with Crippen LogP contribution in [-0.4, -0.2) is 41.8 Å². The van der Waals surface area contributed by atoms with Crippen molar-refractivity contribution >= 4 is 10.1 Å². The fourth-order valence-corrected chi connectivity index (χ4v) is 5.73. The Morgan fingerprint density at radius 3 is 1.14 bits per heavy atom. The maximum absolute atomic E-state index is 11.8. The van der Waals surface area contributed by atoms with Crippen LogP contribution >= 0.6 is 0 Å². The van der Waals surface area contributed by atoms with Crippen molar-refractivity contribution in [2.24, 2.45) is 0 Å². The highest BCUT2D eigenvalue weighted by Crippen LogP contribution is 2.43. The minimum Gasteiger partial charge on any atom is -0.748 e. The van der Waals surface area contributed by atoms with Crippen molar-refractivity contribution < 1.29 is 65.6 Å². The SMILES string of the molecule is CC(C)(C)c1ccc([I+]c2ccc(C(C)(C)C)cc2)cc1.O=S(=O)([O-])CC(O)(C(F)(F)F)C(F)(F)F. The third-order valence-electron chi connectivity index (χ3n) is 4.96. The van der Waals surface area contributed by atoms with Crippen molar-refractivity contribution in [3.63, 3.8) is 0 Å². The highest BCUT2D eigenvalue weighted by atomic mass is 127. The maximum Gasteiger partial charge on any atom is 0.427 e. The summed E-state index contributed by atoms with van der Waals surface area (Å²) < 4.78 is 103. The third-order valence-corrected chi connectivity index (χ3v) is 8.42. The molecule has 1 N–H and O–H groups in total. The van der Waals surface area contributed by atoms with E-state index in [-0.39, 0.29) is 32.0 Å². The number of rotatable bonds is 4. The van der Waals surface area contributed by atoms with Gasteiger partial charge in [0.05, 0.1) is 15.9 Å². The molecule has 2 aromatic rings. The number of alkyl halides is 6. The lowest BCUT2D eigenvalue weighted by atomic mass is 9.87. The van der Waals surface area contributed by atoms with Gasteiger partial charge >= 0.3 is 33.6 Å². The Labute approximate surface area is 218 Å². The van der Waals surface area contributed by atoms with Gasteiger partial charge in [0.2, 0.25) is 0 Å². The fourth-order valence-electron chi connectivity index (χ4n) is 2.73. The van der Waals surface area contributed by atoms with Crippen LogP contribution in [-0.2, 0) is 20.9 Å². The molecule has 0 aliphatic carbocycles. The normalized spacial score (nSPS) is 13.7. The Morgan fingerprint density at radius 1 is 0.694 bits per heavy atom.